The van der Waals surface area contributed by atoms with Crippen molar-refractivity contribution in [3.63, 3.8) is 0 Å². The number of benzene rings is 7. The summed E-state index contributed by atoms with van der Waals surface area (Å²) in [4.78, 5) is 10.8. The SMILES string of the molecule is c1ccc2c(-c3nc(-n4c5c(c6ccccc64)-c4cccc6cccc-5c46)c4oc5ccc6ccccc6c5c4n3)cccc2c1. The van der Waals surface area contributed by atoms with Gasteiger partial charge in [-0.15, -0.1) is 0 Å². The molecule has 1 aliphatic rings. The fourth-order valence-corrected chi connectivity index (χ4v) is 7.82. The van der Waals surface area contributed by atoms with Crippen molar-refractivity contribution in [1.29, 1.82) is 0 Å². The molecule has 1 aliphatic carbocycles. The van der Waals surface area contributed by atoms with Crippen LogP contribution in [0.25, 0.3) is 105 Å². The van der Waals surface area contributed by atoms with E-state index in [9.17, 15) is 0 Å². The van der Waals surface area contributed by atoms with Crippen LogP contribution in [0.3, 0.4) is 0 Å². The first-order valence-electron chi connectivity index (χ1n) is 15.6. The second-order valence-electron chi connectivity index (χ2n) is 12.1. The highest BCUT2D eigenvalue weighted by Gasteiger charge is 2.31. The van der Waals surface area contributed by atoms with Crippen molar-refractivity contribution < 1.29 is 4.42 Å². The van der Waals surface area contributed by atoms with E-state index in [1.807, 2.05) is 0 Å². The lowest BCUT2D eigenvalue weighted by Gasteiger charge is -2.13. The van der Waals surface area contributed by atoms with E-state index in [4.69, 9.17) is 14.4 Å². The van der Waals surface area contributed by atoms with Gasteiger partial charge < -0.3 is 4.42 Å². The number of hydrogen-bond donors (Lipinski definition) is 0. The first-order chi connectivity index (χ1) is 22.8. The summed E-state index contributed by atoms with van der Waals surface area (Å²) in [6.45, 7) is 0. The minimum Gasteiger partial charge on any atom is -0.450 e. The van der Waals surface area contributed by atoms with Crippen LogP contribution in [0.4, 0.5) is 0 Å². The lowest BCUT2D eigenvalue weighted by molar-refractivity contribution is 0.662. The maximum absolute atomic E-state index is 6.81. The Morgan fingerprint density at radius 3 is 1.98 bits per heavy atom. The maximum Gasteiger partial charge on any atom is 0.197 e. The molecular weight excluding hydrogens is 562 g/mol. The molecule has 7 aromatic carbocycles. The van der Waals surface area contributed by atoms with E-state index in [1.54, 1.807) is 0 Å². The van der Waals surface area contributed by atoms with Crippen LogP contribution in [-0.4, -0.2) is 14.5 Å². The average molecular weight is 586 g/mol. The Morgan fingerprint density at radius 1 is 0.478 bits per heavy atom. The molecule has 4 nitrogen and oxygen atoms in total. The Kier molecular flexibility index (Phi) is 4.55. The number of fused-ring (bicyclic) bond motifs is 11. The standard InChI is InChI=1S/C42H23N3O/c1-3-15-27-24(10-1)12-7-18-29(27)41-43-38-37-28-16-4-2-11-25(28)22-23-34(37)46-40(38)42(44-41)45-33-21-6-5-17-30(33)36-31-19-8-13-26-14-9-20-32(35(26)31)39(36)45/h1-23H. The van der Waals surface area contributed by atoms with Gasteiger partial charge in [-0.3, -0.25) is 4.57 Å². The van der Waals surface area contributed by atoms with Gasteiger partial charge in [0.1, 0.15) is 11.1 Å². The van der Waals surface area contributed by atoms with Crippen molar-refractivity contribution in [2.24, 2.45) is 0 Å². The molecule has 46 heavy (non-hydrogen) atoms. The van der Waals surface area contributed by atoms with E-state index in [1.165, 1.54) is 32.8 Å². The Bertz CT molecular complexity index is 2920. The van der Waals surface area contributed by atoms with Crippen molar-refractivity contribution in [3.05, 3.63) is 140 Å². The predicted octanol–water partition coefficient (Wildman–Crippen LogP) is 11.1. The minimum absolute atomic E-state index is 0.676. The van der Waals surface area contributed by atoms with Crippen molar-refractivity contribution in [2.75, 3.05) is 0 Å². The van der Waals surface area contributed by atoms with Crippen molar-refractivity contribution in [3.8, 4) is 39.6 Å². The van der Waals surface area contributed by atoms with Crippen LogP contribution in [0.1, 0.15) is 0 Å². The molecule has 0 spiro atoms. The Labute approximate surface area is 262 Å². The van der Waals surface area contributed by atoms with Crippen LogP contribution >= 0.6 is 0 Å². The lowest BCUT2D eigenvalue weighted by atomic mass is 10.0. The van der Waals surface area contributed by atoms with Gasteiger partial charge in [0.25, 0.3) is 0 Å². The first-order valence-corrected chi connectivity index (χ1v) is 15.6. The molecule has 0 fully saturated rings. The summed E-state index contributed by atoms with van der Waals surface area (Å²) in [5.74, 6) is 1.42. The highest BCUT2D eigenvalue weighted by Crippen LogP contribution is 2.53. The Hall–Kier alpha value is -6.26. The molecule has 0 saturated carbocycles. The van der Waals surface area contributed by atoms with Crippen LogP contribution in [0, 0.1) is 0 Å². The van der Waals surface area contributed by atoms with Crippen molar-refractivity contribution >= 4 is 65.3 Å². The first kappa shape index (κ1) is 24.1. The van der Waals surface area contributed by atoms with Gasteiger partial charge in [0.05, 0.1) is 16.6 Å². The molecule has 0 bridgehead atoms. The number of hydrogen-bond acceptors (Lipinski definition) is 3. The normalized spacial score (nSPS) is 12.3. The third-order valence-corrected chi connectivity index (χ3v) is 9.73. The Balaban J connectivity index is 1.35. The molecule has 10 aromatic rings. The molecule has 0 N–H and O–H groups in total. The maximum atomic E-state index is 6.81. The summed E-state index contributed by atoms with van der Waals surface area (Å²) in [6.07, 6.45) is 0. The molecule has 3 aromatic heterocycles. The Morgan fingerprint density at radius 2 is 1.13 bits per heavy atom. The largest absolute Gasteiger partial charge is 0.450 e. The number of aromatic nitrogens is 3. The molecule has 0 atom stereocenters. The van der Waals surface area contributed by atoms with Crippen LogP contribution in [-0.2, 0) is 0 Å². The zero-order valence-electron chi connectivity index (χ0n) is 24.5. The number of rotatable bonds is 2. The number of furan rings is 1. The van der Waals surface area contributed by atoms with Gasteiger partial charge >= 0.3 is 0 Å². The zero-order valence-corrected chi connectivity index (χ0v) is 24.5. The molecule has 0 saturated heterocycles. The van der Waals surface area contributed by atoms with E-state index in [-0.39, 0.29) is 0 Å². The fraction of sp³-hybridized carbons (Fsp3) is 0. The molecular formula is C42H23N3O. The van der Waals surface area contributed by atoms with Gasteiger partial charge in [0.15, 0.2) is 17.2 Å². The highest BCUT2D eigenvalue weighted by molar-refractivity contribution is 6.23. The van der Waals surface area contributed by atoms with Crippen LogP contribution < -0.4 is 0 Å². The summed E-state index contributed by atoms with van der Waals surface area (Å²) in [5.41, 5.74) is 9.24. The molecule has 0 unspecified atom stereocenters. The van der Waals surface area contributed by atoms with Gasteiger partial charge in [0.2, 0.25) is 0 Å². The summed E-state index contributed by atoms with van der Waals surface area (Å²) in [6, 6.07) is 49.3. The van der Waals surface area contributed by atoms with Gasteiger partial charge in [-0.05, 0) is 50.0 Å². The zero-order chi connectivity index (χ0) is 29.9. The fourth-order valence-electron chi connectivity index (χ4n) is 7.82. The van der Waals surface area contributed by atoms with E-state index in [0.29, 0.717) is 11.4 Å². The summed E-state index contributed by atoms with van der Waals surface area (Å²) >= 11 is 0. The van der Waals surface area contributed by atoms with E-state index >= 15 is 0 Å². The van der Waals surface area contributed by atoms with E-state index in [0.717, 1.165) is 60.6 Å². The van der Waals surface area contributed by atoms with Gasteiger partial charge in [-0.2, -0.15) is 0 Å². The molecule has 11 rings (SSSR count). The number of para-hydroxylation sites is 1. The van der Waals surface area contributed by atoms with Crippen LogP contribution in [0.5, 0.6) is 0 Å². The quantitative estimate of drug-likeness (QED) is 0.203. The predicted molar refractivity (Wildman–Crippen MR) is 189 cm³/mol. The molecule has 0 amide bonds. The van der Waals surface area contributed by atoms with E-state index in [2.05, 4.69) is 144 Å². The van der Waals surface area contributed by atoms with Gasteiger partial charge in [-0.25, -0.2) is 9.97 Å². The topological polar surface area (TPSA) is 43.9 Å². The van der Waals surface area contributed by atoms with Crippen LogP contribution in [0.2, 0.25) is 0 Å². The molecule has 0 aliphatic heterocycles. The highest BCUT2D eigenvalue weighted by atomic mass is 16.3. The average Bonchev–Trinajstić information content (AvgIpc) is 3.77. The second kappa shape index (κ2) is 8.68. The molecule has 3 heterocycles. The summed E-state index contributed by atoms with van der Waals surface area (Å²) < 4.78 is 9.13. The van der Waals surface area contributed by atoms with Gasteiger partial charge in [-0.1, -0.05) is 127 Å². The third kappa shape index (κ3) is 3.03. The molecule has 0 radical (unpaired) electrons. The third-order valence-electron chi connectivity index (χ3n) is 9.73. The minimum atomic E-state index is 0.676. The lowest BCUT2D eigenvalue weighted by Crippen LogP contribution is -2.03. The molecule has 212 valence electrons. The van der Waals surface area contributed by atoms with Crippen LogP contribution in [0.15, 0.2) is 144 Å². The molecule has 4 heteroatoms. The van der Waals surface area contributed by atoms with Gasteiger partial charge in [0, 0.05) is 22.1 Å². The smallest absolute Gasteiger partial charge is 0.197 e. The number of nitrogens with zero attached hydrogens (tertiary/aromatic N) is 3. The second-order valence-corrected chi connectivity index (χ2v) is 12.1. The summed E-state index contributed by atoms with van der Waals surface area (Å²) in [5, 5.41) is 9.27. The van der Waals surface area contributed by atoms with Crippen molar-refractivity contribution in [1.82, 2.24) is 14.5 Å². The van der Waals surface area contributed by atoms with Crippen molar-refractivity contribution in [2.45, 2.75) is 0 Å². The monoisotopic (exact) mass is 585 g/mol. The van der Waals surface area contributed by atoms with E-state index < -0.39 is 0 Å². The summed E-state index contributed by atoms with van der Waals surface area (Å²) in [7, 11) is 0.